The molecule has 2 aliphatic carbocycles. The lowest BCUT2D eigenvalue weighted by Crippen LogP contribution is -2.62. The van der Waals surface area contributed by atoms with Crippen molar-refractivity contribution in [1.82, 2.24) is 5.32 Å². The van der Waals surface area contributed by atoms with Gasteiger partial charge in [-0.15, -0.1) is 0 Å². The van der Waals surface area contributed by atoms with Gasteiger partial charge in [0.1, 0.15) is 0 Å². The van der Waals surface area contributed by atoms with Crippen molar-refractivity contribution in [2.24, 2.45) is 5.41 Å². The van der Waals surface area contributed by atoms with Crippen LogP contribution >= 0.6 is 11.6 Å². The van der Waals surface area contributed by atoms with Gasteiger partial charge in [-0.1, -0.05) is 37.6 Å². The van der Waals surface area contributed by atoms with Crippen LogP contribution in [-0.4, -0.2) is 23.2 Å². The molecule has 20 heavy (non-hydrogen) atoms. The van der Waals surface area contributed by atoms with Gasteiger partial charge in [0, 0.05) is 16.5 Å². The number of aliphatic hydroxyl groups is 1. The fourth-order valence-corrected chi connectivity index (χ4v) is 3.11. The summed E-state index contributed by atoms with van der Waals surface area (Å²) in [5.74, 6) is 0.0878. The number of nitrogens with one attached hydrogen (secondary N) is 1. The number of carbonyl (C=O) groups excluding carboxylic acids is 1. The molecular formula is C16H20ClNO2. The fourth-order valence-electron chi connectivity index (χ4n) is 2.98. The third kappa shape index (κ3) is 2.04. The van der Waals surface area contributed by atoms with E-state index >= 15 is 0 Å². The third-order valence-electron chi connectivity index (χ3n) is 5.10. The molecule has 2 saturated carbocycles. The Bertz CT molecular complexity index is 534. The van der Waals surface area contributed by atoms with Gasteiger partial charge in [0.15, 0.2) is 0 Å². The van der Waals surface area contributed by atoms with Gasteiger partial charge in [-0.05, 0) is 37.0 Å². The van der Waals surface area contributed by atoms with Crippen molar-refractivity contribution in [3.63, 3.8) is 0 Å². The van der Waals surface area contributed by atoms with Crippen molar-refractivity contribution in [3.8, 4) is 0 Å². The van der Waals surface area contributed by atoms with E-state index in [0.717, 1.165) is 18.4 Å². The molecule has 1 aromatic rings. The molecule has 2 fully saturated rings. The van der Waals surface area contributed by atoms with Gasteiger partial charge in [0.25, 0.3) is 0 Å². The number of aliphatic hydroxyl groups excluding tert-OH is 1. The Morgan fingerprint density at radius 2 is 1.90 bits per heavy atom. The summed E-state index contributed by atoms with van der Waals surface area (Å²) >= 11 is 5.90. The van der Waals surface area contributed by atoms with Crippen LogP contribution in [-0.2, 0) is 10.2 Å². The fraction of sp³-hybridized carbons (Fsp3) is 0.562. The third-order valence-corrected chi connectivity index (χ3v) is 5.35. The van der Waals surface area contributed by atoms with E-state index < -0.39 is 0 Å². The highest BCUT2D eigenvalue weighted by atomic mass is 35.5. The average Bonchev–Trinajstić information content (AvgIpc) is 3.20. The average molecular weight is 294 g/mol. The molecule has 3 rings (SSSR count). The summed E-state index contributed by atoms with van der Waals surface area (Å²) in [6.45, 7) is 3.99. The van der Waals surface area contributed by atoms with Crippen LogP contribution in [0.15, 0.2) is 24.3 Å². The molecule has 1 amide bonds. The van der Waals surface area contributed by atoms with Crippen LogP contribution < -0.4 is 5.32 Å². The molecule has 2 aliphatic rings. The van der Waals surface area contributed by atoms with E-state index in [0.29, 0.717) is 11.4 Å². The second kappa shape index (κ2) is 4.47. The van der Waals surface area contributed by atoms with E-state index in [9.17, 15) is 9.90 Å². The summed E-state index contributed by atoms with van der Waals surface area (Å²) in [6.07, 6.45) is 2.10. The van der Waals surface area contributed by atoms with Crippen molar-refractivity contribution in [1.29, 1.82) is 0 Å². The van der Waals surface area contributed by atoms with Crippen LogP contribution in [0.2, 0.25) is 5.02 Å². The number of halogens is 1. The van der Waals surface area contributed by atoms with Crippen molar-refractivity contribution in [3.05, 3.63) is 34.9 Å². The van der Waals surface area contributed by atoms with Crippen molar-refractivity contribution >= 4 is 17.5 Å². The SMILES string of the molecule is CC1(C)C(O)CC1NC(=O)C1(c2ccc(Cl)cc2)CC1. The zero-order chi connectivity index (χ0) is 14.5. The molecule has 4 heteroatoms. The topological polar surface area (TPSA) is 49.3 Å². The molecule has 108 valence electrons. The molecule has 2 unspecified atom stereocenters. The van der Waals surface area contributed by atoms with E-state index in [-0.39, 0.29) is 28.9 Å². The molecular weight excluding hydrogens is 274 g/mol. The van der Waals surface area contributed by atoms with Crippen LogP contribution in [0.25, 0.3) is 0 Å². The second-order valence-corrected chi connectivity index (χ2v) is 7.12. The van der Waals surface area contributed by atoms with E-state index in [2.05, 4.69) is 5.32 Å². The number of carbonyl (C=O) groups is 1. The highest BCUT2D eigenvalue weighted by Gasteiger charge is 2.55. The summed E-state index contributed by atoms with van der Waals surface area (Å²) in [5, 5.41) is 13.6. The number of benzene rings is 1. The van der Waals surface area contributed by atoms with Gasteiger partial charge in [0.05, 0.1) is 11.5 Å². The van der Waals surface area contributed by atoms with Gasteiger partial charge >= 0.3 is 0 Å². The van der Waals surface area contributed by atoms with Crippen molar-refractivity contribution in [2.75, 3.05) is 0 Å². The summed E-state index contributed by atoms with van der Waals surface area (Å²) in [5.41, 5.74) is 0.435. The molecule has 0 radical (unpaired) electrons. The van der Waals surface area contributed by atoms with E-state index in [1.54, 1.807) is 0 Å². The zero-order valence-electron chi connectivity index (χ0n) is 11.8. The summed E-state index contributed by atoms with van der Waals surface area (Å²) in [4.78, 5) is 12.6. The predicted octanol–water partition coefficient (Wildman–Crippen LogP) is 2.65. The molecule has 0 bridgehead atoms. The first kappa shape index (κ1) is 13.9. The second-order valence-electron chi connectivity index (χ2n) is 6.69. The molecule has 0 heterocycles. The first-order chi connectivity index (χ1) is 9.36. The highest BCUT2D eigenvalue weighted by molar-refractivity contribution is 6.30. The van der Waals surface area contributed by atoms with Crippen molar-refractivity contribution in [2.45, 2.75) is 50.7 Å². The Kier molecular flexibility index (Phi) is 3.11. The molecule has 0 aliphatic heterocycles. The van der Waals surface area contributed by atoms with E-state index in [1.807, 2.05) is 38.1 Å². The Morgan fingerprint density at radius 1 is 1.30 bits per heavy atom. The van der Waals surface area contributed by atoms with Crippen LogP contribution in [0.5, 0.6) is 0 Å². The summed E-state index contributed by atoms with van der Waals surface area (Å²) < 4.78 is 0. The smallest absolute Gasteiger partial charge is 0.230 e. The van der Waals surface area contributed by atoms with Gasteiger partial charge in [-0.2, -0.15) is 0 Å². The minimum Gasteiger partial charge on any atom is -0.392 e. The molecule has 0 spiro atoms. The molecule has 3 nitrogen and oxygen atoms in total. The monoisotopic (exact) mass is 293 g/mol. The Hall–Kier alpha value is -1.06. The number of amides is 1. The van der Waals surface area contributed by atoms with Gasteiger partial charge in [-0.25, -0.2) is 0 Å². The summed E-state index contributed by atoms with van der Waals surface area (Å²) in [7, 11) is 0. The zero-order valence-corrected chi connectivity index (χ0v) is 12.6. The Labute approximate surface area is 124 Å². The molecule has 2 N–H and O–H groups in total. The minimum atomic E-state index is -0.374. The molecule has 1 aromatic carbocycles. The van der Waals surface area contributed by atoms with Crippen LogP contribution in [0.4, 0.5) is 0 Å². The van der Waals surface area contributed by atoms with Crippen LogP contribution in [0.1, 0.15) is 38.7 Å². The number of hydrogen-bond donors (Lipinski definition) is 2. The molecule has 0 saturated heterocycles. The highest BCUT2D eigenvalue weighted by Crippen LogP contribution is 2.49. The summed E-state index contributed by atoms with van der Waals surface area (Å²) in [6, 6.07) is 7.61. The first-order valence-corrected chi connectivity index (χ1v) is 7.49. The maximum Gasteiger partial charge on any atom is 0.230 e. The maximum atomic E-state index is 12.6. The Morgan fingerprint density at radius 3 is 2.35 bits per heavy atom. The predicted molar refractivity (Wildman–Crippen MR) is 78.7 cm³/mol. The Balaban J connectivity index is 1.73. The van der Waals surface area contributed by atoms with Gasteiger partial charge < -0.3 is 10.4 Å². The number of hydrogen-bond acceptors (Lipinski definition) is 2. The number of rotatable bonds is 3. The quantitative estimate of drug-likeness (QED) is 0.900. The molecule has 0 aromatic heterocycles. The lowest BCUT2D eigenvalue weighted by molar-refractivity contribution is -0.131. The van der Waals surface area contributed by atoms with Crippen molar-refractivity contribution < 1.29 is 9.90 Å². The first-order valence-electron chi connectivity index (χ1n) is 7.11. The minimum absolute atomic E-state index is 0.0646. The largest absolute Gasteiger partial charge is 0.392 e. The van der Waals surface area contributed by atoms with Gasteiger partial charge in [-0.3, -0.25) is 4.79 Å². The lowest BCUT2D eigenvalue weighted by Gasteiger charge is -2.49. The maximum absolute atomic E-state index is 12.6. The van der Waals surface area contributed by atoms with E-state index in [4.69, 9.17) is 11.6 Å². The van der Waals surface area contributed by atoms with Gasteiger partial charge in [0.2, 0.25) is 5.91 Å². The lowest BCUT2D eigenvalue weighted by atomic mass is 9.64. The molecule has 2 atom stereocenters. The normalized spacial score (nSPS) is 29.4. The standard InChI is InChI=1S/C16H20ClNO2/c1-15(2)12(9-13(15)19)18-14(20)16(7-8-16)10-3-5-11(17)6-4-10/h3-6,12-13,19H,7-9H2,1-2H3,(H,18,20). The van der Waals surface area contributed by atoms with Crippen LogP contribution in [0.3, 0.4) is 0 Å². The van der Waals surface area contributed by atoms with Crippen LogP contribution in [0, 0.1) is 5.41 Å². The van der Waals surface area contributed by atoms with E-state index in [1.165, 1.54) is 0 Å².